The number of nitrogens with zero attached hydrogens (tertiary/aromatic N) is 1. The van der Waals surface area contributed by atoms with E-state index in [0.29, 0.717) is 11.5 Å². The number of hydrogen-bond acceptors (Lipinski definition) is 4. The van der Waals surface area contributed by atoms with Crippen LogP contribution in [-0.2, 0) is 4.79 Å². The van der Waals surface area contributed by atoms with Crippen molar-refractivity contribution in [1.29, 1.82) is 0 Å². The van der Waals surface area contributed by atoms with Gasteiger partial charge in [0.2, 0.25) is 0 Å². The van der Waals surface area contributed by atoms with E-state index in [4.69, 9.17) is 17.2 Å². The predicted molar refractivity (Wildman–Crippen MR) is 65.4 cm³/mol. The van der Waals surface area contributed by atoms with E-state index in [-0.39, 0.29) is 11.4 Å². The van der Waals surface area contributed by atoms with Crippen LogP contribution in [0.2, 0.25) is 0 Å². The Morgan fingerprint density at radius 3 is 2.53 bits per heavy atom. The maximum absolute atomic E-state index is 11.0. The first-order valence-electron chi connectivity index (χ1n) is 5.52. The van der Waals surface area contributed by atoms with Crippen LogP contribution in [0, 0.1) is 6.92 Å². The summed E-state index contributed by atoms with van der Waals surface area (Å²) in [6.07, 6.45) is 4.21. The van der Waals surface area contributed by atoms with E-state index in [9.17, 15) is 4.79 Å². The summed E-state index contributed by atoms with van der Waals surface area (Å²) >= 11 is 0. The smallest absolute Gasteiger partial charge is 0.266 e. The van der Waals surface area contributed by atoms with E-state index in [2.05, 4.69) is 4.98 Å². The molecular formula is C12H16N4O. The fourth-order valence-corrected chi connectivity index (χ4v) is 1.74. The highest BCUT2D eigenvalue weighted by molar-refractivity contribution is 5.98. The predicted octanol–water partition coefficient (Wildman–Crippen LogP) is 0.339. The summed E-state index contributed by atoms with van der Waals surface area (Å²) in [6.45, 7) is 1.83. The van der Waals surface area contributed by atoms with Crippen LogP contribution in [0.5, 0.6) is 0 Å². The molecular weight excluding hydrogens is 216 g/mol. The van der Waals surface area contributed by atoms with Gasteiger partial charge in [0.15, 0.2) is 0 Å². The molecule has 0 atom stereocenters. The summed E-state index contributed by atoms with van der Waals surface area (Å²) < 4.78 is 0. The summed E-state index contributed by atoms with van der Waals surface area (Å²) in [6, 6.07) is 1.95. The summed E-state index contributed by atoms with van der Waals surface area (Å²) in [5, 5.41) is 0. The van der Waals surface area contributed by atoms with Gasteiger partial charge in [0.05, 0.1) is 5.70 Å². The quantitative estimate of drug-likeness (QED) is 0.653. The maximum Gasteiger partial charge on any atom is 0.266 e. The van der Waals surface area contributed by atoms with Crippen LogP contribution in [0.25, 0.3) is 5.70 Å². The second-order valence-corrected chi connectivity index (χ2v) is 4.37. The van der Waals surface area contributed by atoms with Gasteiger partial charge in [-0.1, -0.05) is 0 Å². The van der Waals surface area contributed by atoms with Gasteiger partial charge < -0.3 is 17.2 Å². The Hall–Kier alpha value is -2.04. The average Bonchev–Trinajstić information content (AvgIpc) is 3.11. The molecule has 1 amide bonds. The Morgan fingerprint density at radius 2 is 2.00 bits per heavy atom. The Kier molecular flexibility index (Phi) is 2.75. The van der Waals surface area contributed by atoms with E-state index in [1.165, 1.54) is 12.8 Å². The van der Waals surface area contributed by atoms with Gasteiger partial charge in [-0.15, -0.1) is 0 Å². The van der Waals surface area contributed by atoms with E-state index >= 15 is 0 Å². The zero-order valence-corrected chi connectivity index (χ0v) is 9.73. The molecule has 0 unspecified atom stereocenters. The minimum atomic E-state index is -0.710. The van der Waals surface area contributed by atoms with Gasteiger partial charge in [-0.2, -0.15) is 0 Å². The van der Waals surface area contributed by atoms with Gasteiger partial charge in [0.1, 0.15) is 5.70 Å². The zero-order valence-electron chi connectivity index (χ0n) is 9.73. The largest absolute Gasteiger partial charge is 0.396 e. The molecule has 0 aliphatic heterocycles. The van der Waals surface area contributed by atoms with Crippen LogP contribution in [0.4, 0.5) is 0 Å². The minimum absolute atomic E-state index is 0.108. The molecule has 1 aliphatic rings. The lowest BCUT2D eigenvalue weighted by atomic mass is 10.0. The second kappa shape index (κ2) is 4.08. The average molecular weight is 232 g/mol. The van der Waals surface area contributed by atoms with Crippen molar-refractivity contribution in [2.45, 2.75) is 25.7 Å². The third-order valence-electron chi connectivity index (χ3n) is 3.00. The van der Waals surface area contributed by atoms with Crippen molar-refractivity contribution in [2.75, 3.05) is 0 Å². The lowest BCUT2D eigenvalue weighted by Gasteiger charge is -2.09. The monoisotopic (exact) mass is 232 g/mol. The van der Waals surface area contributed by atoms with Crippen molar-refractivity contribution in [3.05, 3.63) is 34.8 Å². The van der Waals surface area contributed by atoms with Crippen LogP contribution in [0.3, 0.4) is 0 Å². The first-order valence-corrected chi connectivity index (χ1v) is 5.52. The van der Waals surface area contributed by atoms with Crippen LogP contribution < -0.4 is 17.2 Å². The molecule has 1 aromatic rings. The van der Waals surface area contributed by atoms with Gasteiger partial charge in [-0.25, -0.2) is 0 Å². The molecule has 1 fully saturated rings. The van der Waals surface area contributed by atoms with E-state index in [1.807, 2.05) is 19.2 Å². The fraction of sp³-hybridized carbons (Fsp3) is 0.333. The minimum Gasteiger partial charge on any atom is -0.396 e. The van der Waals surface area contributed by atoms with Gasteiger partial charge in [0.25, 0.3) is 5.91 Å². The van der Waals surface area contributed by atoms with Gasteiger partial charge in [0, 0.05) is 17.5 Å². The highest BCUT2D eigenvalue weighted by Gasteiger charge is 2.25. The van der Waals surface area contributed by atoms with Crippen LogP contribution >= 0.6 is 0 Å². The third kappa shape index (κ3) is 2.22. The Labute approximate surface area is 99.7 Å². The number of pyridine rings is 1. The number of carbonyl (C=O) groups excluding carboxylic acids is 1. The number of rotatable bonds is 3. The molecule has 0 spiro atoms. The first-order chi connectivity index (χ1) is 8.00. The summed E-state index contributed by atoms with van der Waals surface area (Å²) in [4.78, 5) is 15.3. The Bertz CT molecular complexity index is 503. The van der Waals surface area contributed by atoms with Crippen molar-refractivity contribution in [2.24, 2.45) is 17.2 Å². The Morgan fingerprint density at radius 1 is 1.35 bits per heavy atom. The van der Waals surface area contributed by atoms with Crippen molar-refractivity contribution >= 4 is 11.6 Å². The molecule has 1 heterocycles. The lowest BCUT2D eigenvalue weighted by Crippen LogP contribution is -2.24. The molecule has 0 radical (unpaired) electrons. The first kappa shape index (κ1) is 11.4. The molecule has 1 aliphatic carbocycles. The van der Waals surface area contributed by atoms with Crippen LogP contribution in [0.1, 0.15) is 35.6 Å². The van der Waals surface area contributed by atoms with Crippen LogP contribution in [0.15, 0.2) is 18.0 Å². The summed E-state index contributed by atoms with van der Waals surface area (Å²) in [5.74, 6) is -0.136. The zero-order chi connectivity index (χ0) is 12.6. The number of hydrogen-bond donors (Lipinski definition) is 3. The van der Waals surface area contributed by atoms with Crippen molar-refractivity contribution in [3.8, 4) is 0 Å². The molecule has 0 saturated heterocycles. The molecule has 5 heteroatoms. The van der Waals surface area contributed by atoms with Crippen molar-refractivity contribution in [3.63, 3.8) is 0 Å². The standard InChI is InChI=1S/C12H16N4O/c1-6-9(10(13)11(14)12(15)17)4-8(5-16-6)7-2-3-7/h4-5,7H,2-3,13-14H2,1H3,(H2,15,17)/b11-10+. The van der Waals surface area contributed by atoms with E-state index in [0.717, 1.165) is 11.3 Å². The third-order valence-corrected chi connectivity index (χ3v) is 3.00. The topological polar surface area (TPSA) is 108 Å². The fourth-order valence-electron chi connectivity index (χ4n) is 1.74. The van der Waals surface area contributed by atoms with Crippen molar-refractivity contribution < 1.29 is 4.79 Å². The number of amides is 1. The second-order valence-electron chi connectivity index (χ2n) is 4.37. The lowest BCUT2D eigenvalue weighted by molar-refractivity contribution is -0.114. The number of carbonyl (C=O) groups is 1. The molecule has 90 valence electrons. The summed E-state index contributed by atoms with van der Waals surface area (Å²) in [5.41, 5.74) is 19.2. The van der Waals surface area contributed by atoms with Crippen molar-refractivity contribution in [1.82, 2.24) is 4.98 Å². The molecule has 17 heavy (non-hydrogen) atoms. The molecule has 2 rings (SSSR count). The molecule has 1 aromatic heterocycles. The maximum atomic E-state index is 11.0. The Balaban J connectivity index is 2.46. The number of aromatic nitrogens is 1. The molecule has 1 saturated carbocycles. The van der Waals surface area contributed by atoms with Gasteiger partial charge >= 0.3 is 0 Å². The van der Waals surface area contributed by atoms with Gasteiger partial charge in [-0.05, 0) is 37.3 Å². The number of aryl methyl sites for hydroxylation is 1. The number of primary amides is 1. The molecule has 5 nitrogen and oxygen atoms in total. The SMILES string of the molecule is Cc1ncc(C2CC2)cc1/C(N)=C(\N)C(N)=O. The number of nitrogens with two attached hydrogens (primary N) is 3. The molecule has 0 bridgehead atoms. The highest BCUT2D eigenvalue weighted by Crippen LogP contribution is 2.40. The van der Waals surface area contributed by atoms with Crippen LogP contribution in [-0.4, -0.2) is 10.9 Å². The van der Waals surface area contributed by atoms with E-state index in [1.54, 1.807) is 0 Å². The van der Waals surface area contributed by atoms with E-state index < -0.39 is 5.91 Å². The highest BCUT2D eigenvalue weighted by atomic mass is 16.1. The normalized spacial score (nSPS) is 16.5. The summed E-state index contributed by atoms with van der Waals surface area (Å²) in [7, 11) is 0. The molecule has 6 N–H and O–H groups in total. The molecule has 0 aromatic carbocycles. The van der Waals surface area contributed by atoms with Gasteiger partial charge in [-0.3, -0.25) is 9.78 Å².